The molecular weight excluding hydrogens is 614 g/mol. The van der Waals surface area contributed by atoms with Crippen molar-refractivity contribution in [1.82, 2.24) is 30.2 Å². The Hall–Kier alpha value is -5.48. The van der Waals surface area contributed by atoms with Crippen LogP contribution in [0.15, 0.2) is 34.2 Å². The zero-order valence-electron chi connectivity index (χ0n) is 27.5. The molecule has 1 aromatic carbocycles. The molecule has 0 aliphatic rings. The fourth-order valence-electron chi connectivity index (χ4n) is 3.95. The van der Waals surface area contributed by atoms with Gasteiger partial charge in [-0.2, -0.15) is 4.98 Å². The average molecular weight is 654 g/mol. The maximum absolute atomic E-state index is 13.2. The predicted molar refractivity (Wildman–Crippen MR) is 172 cm³/mol. The van der Waals surface area contributed by atoms with Gasteiger partial charge in [0.05, 0.1) is 29.7 Å². The number of carbonyl (C=O) groups is 3. The van der Waals surface area contributed by atoms with Crippen LogP contribution in [-0.2, 0) is 25.6 Å². The summed E-state index contributed by atoms with van der Waals surface area (Å²) in [5.74, 6) is -2.24. The van der Waals surface area contributed by atoms with Crippen LogP contribution in [0.4, 0.5) is 17.3 Å². The number of aromatic amines is 1. The number of nitro benzene ring substituents is 1. The number of fused-ring (bicyclic) bond motifs is 1. The van der Waals surface area contributed by atoms with Gasteiger partial charge in [-0.25, -0.2) is 19.8 Å². The van der Waals surface area contributed by atoms with Crippen molar-refractivity contribution in [3.8, 4) is 0 Å². The Labute approximate surface area is 270 Å². The van der Waals surface area contributed by atoms with Crippen molar-refractivity contribution in [2.24, 2.45) is 4.99 Å². The van der Waals surface area contributed by atoms with Gasteiger partial charge in [0.2, 0.25) is 5.95 Å². The second-order valence-electron chi connectivity index (χ2n) is 12.7. The molecule has 0 radical (unpaired) electrons. The van der Waals surface area contributed by atoms with E-state index in [4.69, 9.17) is 9.47 Å². The molecular formula is C30H39N9O8. The number of nitrogens with zero attached hydrogens (tertiary/aromatic N) is 6. The number of aliphatic imine (C=N–C) groups is 1. The molecule has 3 rings (SSSR count). The van der Waals surface area contributed by atoms with E-state index >= 15 is 0 Å². The molecule has 0 bridgehead atoms. The number of H-pyrrole nitrogens is 1. The monoisotopic (exact) mass is 653 g/mol. The first kappa shape index (κ1) is 36.0. The quantitative estimate of drug-likeness (QED) is 0.0841. The summed E-state index contributed by atoms with van der Waals surface area (Å²) in [6, 6.07) is 2.53. The van der Waals surface area contributed by atoms with E-state index < -0.39 is 51.3 Å². The molecule has 17 heteroatoms. The van der Waals surface area contributed by atoms with Crippen LogP contribution in [0.3, 0.4) is 0 Å². The molecule has 0 spiro atoms. The molecule has 1 atom stereocenters. The smallest absolute Gasteiger partial charge is 0.329 e. The number of hydrogen-bond donors (Lipinski definition) is 3. The highest BCUT2D eigenvalue weighted by molar-refractivity contribution is 6.00. The summed E-state index contributed by atoms with van der Waals surface area (Å²) < 4.78 is 10.7. The lowest BCUT2D eigenvalue weighted by Crippen LogP contribution is -2.44. The lowest BCUT2D eigenvalue weighted by Gasteiger charge is -2.25. The number of benzene rings is 1. The third-order valence-electron chi connectivity index (χ3n) is 5.83. The van der Waals surface area contributed by atoms with Gasteiger partial charge in [0.25, 0.3) is 17.2 Å². The molecule has 0 unspecified atom stereocenters. The van der Waals surface area contributed by atoms with E-state index in [-0.39, 0.29) is 47.7 Å². The molecule has 0 saturated carbocycles. The van der Waals surface area contributed by atoms with Crippen molar-refractivity contribution in [3.05, 3.63) is 56.1 Å². The zero-order valence-corrected chi connectivity index (χ0v) is 27.5. The van der Waals surface area contributed by atoms with Crippen LogP contribution < -0.4 is 16.2 Å². The number of ether oxygens (including phenoxy) is 2. The number of carbonyl (C=O) groups excluding carboxylic acids is 3. The lowest BCUT2D eigenvalue weighted by atomic mass is 10.1. The van der Waals surface area contributed by atoms with Gasteiger partial charge in [0.15, 0.2) is 11.2 Å². The van der Waals surface area contributed by atoms with Crippen LogP contribution in [0.1, 0.15) is 70.4 Å². The molecule has 1 amide bonds. The van der Waals surface area contributed by atoms with E-state index in [9.17, 15) is 29.3 Å². The number of nitrogens with one attached hydrogen (secondary N) is 3. The van der Waals surface area contributed by atoms with Crippen molar-refractivity contribution in [1.29, 1.82) is 0 Å². The van der Waals surface area contributed by atoms with Crippen molar-refractivity contribution >= 4 is 52.7 Å². The summed E-state index contributed by atoms with van der Waals surface area (Å²) in [4.78, 5) is 83.1. The maximum atomic E-state index is 13.2. The van der Waals surface area contributed by atoms with E-state index in [1.165, 1.54) is 24.7 Å². The standard InChI is InChI=1S/C30H39N9O8/c1-29(2,3)46-22(40)12-11-20(27(43)47-30(4,5)6)35-25(41)19-10-9-17(13-21(19)39(44)45)31-14-18-15-32-24-23(34-18)26(42)37-28(36-24)33-16-38(7)8/h9-10,13,15-16,20,31H,11-12,14H2,1-8H3,(H,35,41)(H,32,36,37,42)/b33-16+/t20-/m0/s1. The van der Waals surface area contributed by atoms with Crippen LogP contribution >= 0.6 is 0 Å². The summed E-state index contributed by atoms with van der Waals surface area (Å²) in [5, 5.41) is 17.4. The molecule has 2 heterocycles. The highest BCUT2D eigenvalue weighted by Gasteiger charge is 2.30. The highest BCUT2D eigenvalue weighted by Crippen LogP contribution is 2.24. The third kappa shape index (κ3) is 11.1. The molecule has 2 aromatic heterocycles. The Bertz CT molecular complexity index is 1740. The van der Waals surface area contributed by atoms with Crippen molar-refractivity contribution in [2.45, 2.75) is 78.2 Å². The van der Waals surface area contributed by atoms with Gasteiger partial charge in [-0.1, -0.05) is 0 Å². The van der Waals surface area contributed by atoms with Gasteiger partial charge in [-0.15, -0.1) is 0 Å². The van der Waals surface area contributed by atoms with Gasteiger partial charge < -0.3 is 25.0 Å². The fraction of sp³-hybridized carbons (Fsp3) is 0.467. The van der Waals surface area contributed by atoms with E-state index in [2.05, 4.69) is 35.6 Å². The molecule has 252 valence electrons. The minimum atomic E-state index is -1.29. The number of amides is 1. The molecule has 3 aromatic rings. The maximum Gasteiger partial charge on any atom is 0.329 e. The summed E-state index contributed by atoms with van der Waals surface area (Å²) in [6.45, 7) is 10.0. The first-order chi connectivity index (χ1) is 21.8. The van der Waals surface area contributed by atoms with Gasteiger partial charge in [0, 0.05) is 32.3 Å². The summed E-state index contributed by atoms with van der Waals surface area (Å²) in [6.07, 6.45) is 2.50. The molecule has 0 fully saturated rings. The van der Waals surface area contributed by atoms with Gasteiger partial charge >= 0.3 is 11.9 Å². The lowest BCUT2D eigenvalue weighted by molar-refractivity contribution is -0.385. The van der Waals surface area contributed by atoms with E-state index in [0.29, 0.717) is 5.69 Å². The Kier molecular flexibility index (Phi) is 11.3. The largest absolute Gasteiger partial charge is 0.460 e. The molecule has 0 aliphatic heterocycles. The summed E-state index contributed by atoms with van der Waals surface area (Å²) >= 11 is 0. The Morgan fingerprint density at radius 2 is 1.79 bits per heavy atom. The number of rotatable bonds is 12. The second-order valence-corrected chi connectivity index (χ2v) is 12.7. The molecule has 17 nitrogen and oxygen atoms in total. The average Bonchev–Trinajstić information content (AvgIpc) is 2.95. The van der Waals surface area contributed by atoms with Crippen molar-refractivity contribution < 1.29 is 28.8 Å². The first-order valence-electron chi connectivity index (χ1n) is 14.6. The highest BCUT2D eigenvalue weighted by atomic mass is 16.6. The second kappa shape index (κ2) is 14.7. The predicted octanol–water partition coefficient (Wildman–Crippen LogP) is 3.02. The minimum Gasteiger partial charge on any atom is -0.460 e. The van der Waals surface area contributed by atoms with Crippen molar-refractivity contribution in [3.63, 3.8) is 0 Å². The van der Waals surface area contributed by atoms with E-state index in [1.54, 1.807) is 60.5 Å². The van der Waals surface area contributed by atoms with Crippen LogP contribution in [0.2, 0.25) is 0 Å². The Balaban J connectivity index is 1.78. The van der Waals surface area contributed by atoms with Gasteiger partial charge in [-0.3, -0.25) is 29.5 Å². The van der Waals surface area contributed by atoms with Gasteiger partial charge in [-0.05, 0) is 60.1 Å². The molecule has 0 saturated heterocycles. The third-order valence-corrected chi connectivity index (χ3v) is 5.83. The van der Waals surface area contributed by atoms with Crippen molar-refractivity contribution in [2.75, 3.05) is 19.4 Å². The fourth-order valence-corrected chi connectivity index (χ4v) is 3.95. The number of aromatic nitrogens is 4. The van der Waals surface area contributed by atoms with E-state index in [0.717, 1.165) is 6.07 Å². The number of hydrogen-bond acceptors (Lipinski definition) is 13. The zero-order chi connectivity index (χ0) is 35.1. The molecule has 0 aliphatic carbocycles. The van der Waals surface area contributed by atoms with Crippen LogP contribution in [-0.4, -0.2) is 85.3 Å². The Morgan fingerprint density at radius 3 is 2.40 bits per heavy atom. The van der Waals surface area contributed by atoms with Gasteiger partial charge in [0.1, 0.15) is 22.8 Å². The molecule has 47 heavy (non-hydrogen) atoms. The summed E-state index contributed by atoms with van der Waals surface area (Å²) in [5.41, 5.74) is -2.37. The number of nitro groups is 1. The molecule has 3 N–H and O–H groups in total. The van der Waals surface area contributed by atoms with Crippen LogP contribution in [0, 0.1) is 10.1 Å². The first-order valence-corrected chi connectivity index (χ1v) is 14.6. The topological polar surface area (TPSA) is 224 Å². The Morgan fingerprint density at radius 1 is 1.11 bits per heavy atom. The summed E-state index contributed by atoms with van der Waals surface area (Å²) in [7, 11) is 3.52. The van der Waals surface area contributed by atoms with Crippen LogP contribution in [0.25, 0.3) is 11.2 Å². The van der Waals surface area contributed by atoms with Crippen LogP contribution in [0.5, 0.6) is 0 Å². The SMILES string of the molecule is CN(C)/C=N/c1nc2ncc(CNc3ccc(C(=O)N[C@@H](CCC(=O)OC(C)(C)C)C(=O)OC(C)(C)C)c([N+](=O)[O-])c3)nc2c(=O)[nH]1. The van der Waals surface area contributed by atoms with E-state index in [1.807, 2.05) is 0 Å². The minimum absolute atomic E-state index is 0.0164. The normalized spacial score (nSPS) is 12.4. The number of anilines is 1. The number of esters is 2.